The SMILES string of the molecule is O=C(/C=C/c1cccc([N+](=O)[O-])c1)NCCc1ncc[nH]1. The predicted molar refractivity (Wildman–Crippen MR) is 77.4 cm³/mol. The number of H-pyrrole nitrogens is 1. The number of non-ortho nitro benzene ring substituents is 1. The van der Waals surface area contributed by atoms with E-state index in [1.807, 2.05) is 0 Å². The van der Waals surface area contributed by atoms with Crippen molar-refractivity contribution in [3.8, 4) is 0 Å². The molecule has 7 nitrogen and oxygen atoms in total. The zero-order valence-electron chi connectivity index (χ0n) is 11.2. The molecular formula is C14H14N4O3. The molecule has 0 saturated heterocycles. The van der Waals surface area contributed by atoms with Crippen molar-refractivity contribution in [2.45, 2.75) is 6.42 Å². The van der Waals surface area contributed by atoms with Crippen LogP contribution < -0.4 is 5.32 Å². The van der Waals surface area contributed by atoms with Crippen LogP contribution in [0.1, 0.15) is 11.4 Å². The fourth-order valence-electron chi connectivity index (χ4n) is 1.71. The standard InChI is InChI=1S/C14H14N4O3/c19-14(17-7-6-13-15-8-9-16-13)5-4-11-2-1-3-12(10-11)18(20)21/h1-5,8-10H,6-7H2,(H,15,16)(H,17,19)/b5-4+. The van der Waals surface area contributed by atoms with E-state index in [-0.39, 0.29) is 11.6 Å². The Bertz CT molecular complexity index is 650. The molecule has 0 atom stereocenters. The monoisotopic (exact) mass is 286 g/mol. The number of benzene rings is 1. The molecule has 1 amide bonds. The van der Waals surface area contributed by atoms with E-state index in [1.165, 1.54) is 24.3 Å². The van der Waals surface area contributed by atoms with Gasteiger partial charge in [-0.15, -0.1) is 0 Å². The van der Waals surface area contributed by atoms with Gasteiger partial charge in [-0.2, -0.15) is 0 Å². The summed E-state index contributed by atoms with van der Waals surface area (Å²) < 4.78 is 0. The lowest BCUT2D eigenvalue weighted by Gasteiger charge is -2.00. The van der Waals surface area contributed by atoms with Gasteiger partial charge in [-0.25, -0.2) is 4.98 Å². The zero-order chi connectivity index (χ0) is 15.1. The first-order valence-electron chi connectivity index (χ1n) is 6.34. The van der Waals surface area contributed by atoms with Crippen LogP contribution in [0.2, 0.25) is 0 Å². The minimum Gasteiger partial charge on any atom is -0.352 e. The Balaban J connectivity index is 1.84. The number of nitrogens with one attached hydrogen (secondary N) is 2. The number of hydrogen-bond donors (Lipinski definition) is 2. The number of aromatic amines is 1. The molecule has 2 rings (SSSR count). The Morgan fingerprint density at radius 2 is 2.33 bits per heavy atom. The molecule has 7 heteroatoms. The molecule has 1 aromatic carbocycles. The number of carbonyl (C=O) groups excluding carboxylic acids is 1. The molecule has 1 aromatic heterocycles. The number of nitro benzene ring substituents is 1. The summed E-state index contributed by atoms with van der Waals surface area (Å²) in [6.45, 7) is 0.464. The maximum absolute atomic E-state index is 11.6. The molecule has 0 aliphatic heterocycles. The normalized spacial score (nSPS) is 10.7. The Kier molecular flexibility index (Phi) is 4.81. The summed E-state index contributed by atoms with van der Waals surface area (Å²) in [5.41, 5.74) is 0.598. The van der Waals surface area contributed by atoms with Crippen molar-refractivity contribution >= 4 is 17.7 Å². The number of hydrogen-bond acceptors (Lipinski definition) is 4. The van der Waals surface area contributed by atoms with Crippen molar-refractivity contribution in [3.63, 3.8) is 0 Å². The minimum atomic E-state index is -0.471. The molecule has 0 aliphatic carbocycles. The van der Waals surface area contributed by atoms with Crippen LogP contribution in [-0.2, 0) is 11.2 Å². The van der Waals surface area contributed by atoms with Crippen LogP contribution in [0, 0.1) is 10.1 Å². The Labute approximate surface area is 120 Å². The fraction of sp³-hybridized carbons (Fsp3) is 0.143. The second kappa shape index (κ2) is 6.99. The third kappa shape index (κ3) is 4.57. The summed E-state index contributed by atoms with van der Waals surface area (Å²) in [6.07, 6.45) is 6.87. The first kappa shape index (κ1) is 14.4. The van der Waals surface area contributed by atoms with E-state index in [4.69, 9.17) is 0 Å². The number of nitrogens with zero attached hydrogens (tertiary/aromatic N) is 2. The topological polar surface area (TPSA) is 101 Å². The molecule has 21 heavy (non-hydrogen) atoms. The summed E-state index contributed by atoms with van der Waals surface area (Å²) in [4.78, 5) is 28.8. The van der Waals surface area contributed by atoms with E-state index < -0.39 is 4.92 Å². The van der Waals surface area contributed by atoms with Crippen LogP contribution in [0.4, 0.5) is 5.69 Å². The molecule has 108 valence electrons. The zero-order valence-corrected chi connectivity index (χ0v) is 11.2. The maximum Gasteiger partial charge on any atom is 0.270 e. The van der Waals surface area contributed by atoms with Gasteiger partial charge < -0.3 is 10.3 Å². The maximum atomic E-state index is 11.6. The molecule has 0 unspecified atom stereocenters. The molecule has 0 spiro atoms. The Morgan fingerprint density at radius 1 is 1.48 bits per heavy atom. The first-order valence-corrected chi connectivity index (χ1v) is 6.34. The second-order valence-corrected chi connectivity index (χ2v) is 4.26. The lowest BCUT2D eigenvalue weighted by molar-refractivity contribution is -0.384. The van der Waals surface area contributed by atoms with Crippen LogP contribution in [0.15, 0.2) is 42.7 Å². The van der Waals surface area contributed by atoms with Crippen LogP contribution in [0.25, 0.3) is 6.08 Å². The van der Waals surface area contributed by atoms with Crippen LogP contribution >= 0.6 is 0 Å². The van der Waals surface area contributed by atoms with Crippen LogP contribution in [0.5, 0.6) is 0 Å². The quantitative estimate of drug-likeness (QED) is 0.479. The molecular weight excluding hydrogens is 272 g/mol. The molecule has 0 bridgehead atoms. The highest BCUT2D eigenvalue weighted by atomic mass is 16.6. The largest absolute Gasteiger partial charge is 0.352 e. The first-order chi connectivity index (χ1) is 10.1. The van der Waals surface area contributed by atoms with Crippen molar-refractivity contribution in [1.82, 2.24) is 15.3 Å². The van der Waals surface area contributed by atoms with Gasteiger partial charge in [-0.1, -0.05) is 12.1 Å². The van der Waals surface area contributed by atoms with E-state index in [2.05, 4.69) is 15.3 Å². The number of rotatable bonds is 6. The Morgan fingerprint density at radius 3 is 3.05 bits per heavy atom. The van der Waals surface area contributed by atoms with Gasteiger partial charge in [0.1, 0.15) is 5.82 Å². The summed E-state index contributed by atoms with van der Waals surface area (Å²) in [5.74, 6) is 0.547. The average Bonchev–Trinajstić information content (AvgIpc) is 2.99. The molecule has 0 saturated carbocycles. The summed E-state index contributed by atoms with van der Waals surface area (Å²) in [7, 11) is 0. The Hall–Kier alpha value is -2.96. The third-order valence-electron chi connectivity index (χ3n) is 2.72. The number of carbonyl (C=O) groups is 1. The third-order valence-corrected chi connectivity index (χ3v) is 2.72. The van der Waals surface area contributed by atoms with Crippen LogP contribution in [-0.4, -0.2) is 27.3 Å². The smallest absolute Gasteiger partial charge is 0.270 e. The van der Waals surface area contributed by atoms with Gasteiger partial charge in [0.2, 0.25) is 5.91 Å². The van der Waals surface area contributed by atoms with Crippen molar-refractivity contribution < 1.29 is 9.72 Å². The highest BCUT2D eigenvalue weighted by Gasteiger charge is 2.04. The highest BCUT2D eigenvalue weighted by molar-refractivity contribution is 5.91. The van der Waals surface area contributed by atoms with Gasteiger partial charge in [0.25, 0.3) is 5.69 Å². The summed E-state index contributed by atoms with van der Waals surface area (Å²) in [5, 5.41) is 13.3. The van der Waals surface area contributed by atoms with E-state index in [0.29, 0.717) is 18.5 Å². The average molecular weight is 286 g/mol. The number of nitro groups is 1. The highest BCUT2D eigenvalue weighted by Crippen LogP contribution is 2.13. The molecule has 2 aromatic rings. The fourth-order valence-corrected chi connectivity index (χ4v) is 1.71. The van der Waals surface area contributed by atoms with E-state index in [9.17, 15) is 14.9 Å². The molecule has 0 aliphatic rings. The summed E-state index contributed by atoms with van der Waals surface area (Å²) in [6, 6.07) is 6.08. The van der Waals surface area contributed by atoms with E-state index >= 15 is 0 Å². The number of amides is 1. The van der Waals surface area contributed by atoms with Gasteiger partial charge in [0, 0.05) is 43.6 Å². The molecule has 2 N–H and O–H groups in total. The van der Waals surface area contributed by atoms with Gasteiger partial charge in [0.15, 0.2) is 0 Å². The van der Waals surface area contributed by atoms with Gasteiger partial charge >= 0.3 is 0 Å². The summed E-state index contributed by atoms with van der Waals surface area (Å²) >= 11 is 0. The van der Waals surface area contributed by atoms with E-state index in [1.54, 1.807) is 24.5 Å². The van der Waals surface area contributed by atoms with Gasteiger partial charge in [0.05, 0.1) is 4.92 Å². The van der Waals surface area contributed by atoms with Crippen LogP contribution in [0.3, 0.4) is 0 Å². The lowest BCUT2D eigenvalue weighted by Crippen LogP contribution is -2.23. The molecule has 0 fully saturated rings. The van der Waals surface area contributed by atoms with Gasteiger partial charge in [-0.05, 0) is 11.6 Å². The minimum absolute atomic E-state index is 0.00428. The number of imidazole rings is 1. The van der Waals surface area contributed by atoms with Crippen molar-refractivity contribution in [2.24, 2.45) is 0 Å². The molecule has 1 heterocycles. The molecule has 0 radical (unpaired) electrons. The lowest BCUT2D eigenvalue weighted by atomic mass is 10.2. The number of aromatic nitrogens is 2. The van der Waals surface area contributed by atoms with Crippen molar-refractivity contribution in [2.75, 3.05) is 6.54 Å². The van der Waals surface area contributed by atoms with Crippen molar-refractivity contribution in [1.29, 1.82) is 0 Å². The predicted octanol–water partition coefficient (Wildman–Crippen LogP) is 1.69. The van der Waals surface area contributed by atoms with Gasteiger partial charge in [-0.3, -0.25) is 14.9 Å². The second-order valence-electron chi connectivity index (χ2n) is 4.26. The van der Waals surface area contributed by atoms with E-state index in [0.717, 1.165) is 5.82 Å². The van der Waals surface area contributed by atoms with Crippen molar-refractivity contribution in [3.05, 3.63) is 64.2 Å².